The summed E-state index contributed by atoms with van der Waals surface area (Å²) in [6, 6.07) is 0. The molecule has 0 aromatic heterocycles. The number of ether oxygens (including phenoxy) is 1. The van der Waals surface area contributed by atoms with E-state index in [2.05, 4.69) is 29.9 Å². The van der Waals surface area contributed by atoms with Gasteiger partial charge in [0.25, 0.3) is 0 Å². The third kappa shape index (κ3) is 1.39. The van der Waals surface area contributed by atoms with Crippen LogP contribution < -0.4 is 0 Å². The van der Waals surface area contributed by atoms with Gasteiger partial charge in [-0.3, -0.25) is 0 Å². The number of allylic oxidation sites excluding steroid dienone is 1. The van der Waals surface area contributed by atoms with Crippen LogP contribution in [0.2, 0.25) is 0 Å². The molecule has 1 atom stereocenters. The molecule has 0 spiro atoms. The lowest BCUT2D eigenvalue weighted by Crippen LogP contribution is -2.39. The fourth-order valence-corrected chi connectivity index (χ4v) is 1.48. The lowest BCUT2D eigenvalue weighted by molar-refractivity contribution is -0.0717. The van der Waals surface area contributed by atoms with E-state index in [4.69, 9.17) is 4.74 Å². The molecular formula is C8H16N2O. The first-order valence-corrected chi connectivity index (χ1v) is 3.92. The molecule has 0 saturated carbocycles. The van der Waals surface area contributed by atoms with Crippen molar-refractivity contribution in [2.45, 2.75) is 20.1 Å². The Bertz CT molecular complexity index is 167. The van der Waals surface area contributed by atoms with Crippen molar-refractivity contribution in [2.24, 2.45) is 0 Å². The Morgan fingerprint density at radius 2 is 2.27 bits per heavy atom. The van der Waals surface area contributed by atoms with E-state index in [1.54, 1.807) is 7.11 Å². The van der Waals surface area contributed by atoms with Crippen molar-refractivity contribution in [1.29, 1.82) is 0 Å². The molecule has 0 saturated heterocycles. The van der Waals surface area contributed by atoms with Crippen molar-refractivity contribution >= 4 is 0 Å². The van der Waals surface area contributed by atoms with Crippen molar-refractivity contribution in [2.75, 3.05) is 20.7 Å². The third-order valence-electron chi connectivity index (χ3n) is 2.08. The minimum absolute atomic E-state index is 0.120. The van der Waals surface area contributed by atoms with E-state index in [9.17, 15) is 0 Å². The first-order chi connectivity index (χ1) is 5.20. The Kier molecular flexibility index (Phi) is 2.52. The number of hydrazine groups is 1. The number of hydrogen-bond donors (Lipinski definition) is 0. The molecule has 1 aliphatic heterocycles. The van der Waals surface area contributed by atoms with Gasteiger partial charge in [-0.2, -0.15) is 5.01 Å². The first kappa shape index (κ1) is 8.56. The molecular weight excluding hydrogens is 140 g/mol. The van der Waals surface area contributed by atoms with Gasteiger partial charge in [-0.1, -0.05) is 0 Å². The highest BCUT2D eigenvalue weighted by molar-refractivity contribution is 5.05. The van der Waals surface area contributed by atoms with Crippen LogP contribution in [-0.4, -0.2) is 36.9 Å². The van der Waals surface area contributed by atoms with Crippen LogP contribution in [0.3, 0.4) is 0 Å². The topological polar surface area (TPSA) is 15.7 Å². The highest BCUT2D eigenvalue weighted by Gasteiger charge is 2.24. The largest absolute Gasteiger partial charge is 0.361 e. The highest BCUT2D eigenvalue weighted by atomic mass is 16.5. The molecule has 1 heterocycles. The molecule has 0 fully saturated rings. The molecule has 1 aliphatic rings. The van der Waals surface area contributed by atoms with Gasteiger partial charge in [-0.05, 0) is 19.9 Å². The van der Waals surface area contributed by atoms with Crippen LogP contribution in [0.25, 0.3) is 0 Å². The van der Waals surface area contributed by atoms with Gasteiger partial charge in [0.15, 0.2) is 0 Å². The fraction of sp³-hybridized carbons (Fsp3) is 0.750. The Balaban J connectivity index is 2.67. The van der Waals surface area contributed by atoms with Crippen molar-refractivity contribution in [3.8, 4) is 0 Å². The third-order valence-corrected chi connectivity index (χ3v) is 2.08. The first-order valence-electron chi connectivity index (χ1n) is 3.92. The van der Waals surface area contributed by atoms with Gasteiger partial charge in [-0.25, -0.2) is 0 Å². The van der Waals surface area contributed by atoms with Gasteiger partial charge in [0.2, 0.25) is 0 Å². The monoisotopic (exact) mass is 156 g/mol. The minimum atomic E-state index is 0.120. The molecule has 3 nitrogen and oxygen atoms in total. The van der Waals surface area contributed by atoms with Crippen LogP contribution >= 0.6 is 0 Å². The molecule has 0 aromatic rings. The zero-order valence-corrected chi connectivity index (χ0v) is 7.66. The fourth-order valence-electron chi connectivity index (χ4n) is 1.48. The second-order valence-electron chi connectivity index (χ2n) is 2.72. The molecule has 0 bridgehead atoms. The maximum atomic E-state index is 5.23. The number of methoxy groups -OCH3 is 1. The summed E-state index contributed by atoms with van der Waals surface area (Å²) in [5, 5.41) is 4.28. The number of hydrogen-bond acceptors (Lipinski definition) is 3. The minimum Gasteiger partial charge on any atom is -0.361 e. The zero-order chi connectivity index (χ0) is 8.43. The van der Waals surface area contributed by atoms with E-state index in [-0.39, 0.29) is 6.23 Å². The van der Waals surface area contributed by atoms with Crippen molar-refractivity contribution in [1.82, 2.24) is 10.0 Å². The summed E-state index contributed by atoms with van der Waals surface area (Å²) in [7, 11) is 3.76. The molecule has 0 aromatic carbocycles. The van der Waals surface area contributed by atoms with Crippen molar-refractivity contribution in [3.63, 3.8) is 0 Å². The lowest BCUT2D eigenvalue weighted by Gasteiger charge is -2.29. The molecule has 11 heavy (non-hydrogen) atoms. The molecule has 3 heteroatoms. The van der Waals surface area contributed by atoms with E-state index in [0.717, 1.165) is 6.54 Å². The molecule has 0 amide bonds. The highest BCUT2D eigenvalue weighted by Crippen LogP contribution is 2.19. The van der Waals surface area contributed by atoms with Crippen LogP contribution in [0.15, 0.2) is 11.8 Å². The van der Waals surface area contributed by atoms with Gasteiger partial charge < -0.3 is 9.75 Å². The summed E-state index contributed by atoms with van der Waals surface area (Å²) in [5.74, 6) is 0. The number of rotatable bonds is 2. The van der Waals surface area contributed by atoms with E-state index >= 15 is 0 Å². The molecule has 0 radical (unpaired) electrons. The molecule has 64 valence electrons. The average Bonchev–Trinajstić information content (AvgIpc) is 2.26. The van der Waals surface area contributed by atoms with E-state index in [1.165, 1.54) is 5.70 Å². The van der Waals surface area contributed by atoms with E-state index in [0.29, 0.717) is 0 Å². The second-order valence-corrected chi connectivity index (χ2v) is 2.72. The summed E-state index contributed by atoms with van der Waals surface area (Å²) in [6.07, 6.45) is 2.23. The standard InChI is InChI=1S/C8H16N2O/c1-5-10-7(2)6-8(11-4)9(10)3/h6,8H,5H2,1-4H3. The number of nitrogens with zero attached hydrogens (tertiary/aromatic N) is 2. The summed E-state index contributed by atoms with van der Waals surface area (Å²) in [4.78, 5) is 0. The maximum absolute atomic E-state index is 5.23. The van der Waals surface area contributed by atoms with Gasteiger partial charge in [0.1, 0.15) is 6.23 Å². The van der Waals surface area contributed by atoms with Crippen LogP contribution in [-0.2, 0) is 4.74 Å². The Morgan fingerprint density at radius 1 is 1.64 bits per heavy atom. The number of likely N-dealkylation sites (N-methyl/N-ethyl adjacent to an activating group) is 1. The van der Waals surface area contributed by atoms with Crippen LogP contribution in [0.1, 0.15) is 13.8 Å². The van der Waals surface area contributed by atoms with Crippen LogP contribution in [0.4, 0.5) is 0 Å². The molecule has 1 unspecified atom stereocenters. The van der Waals surface area contributed by atoms with Crippen LogP contribution in [0.5, 0.6) is 0 Å². The SMILES string of the molecule is CCN1C(C)=CC(OC)N1C. The average molecular weight is 156 g/mol. The Labute approximate surface area is 68.2 Å². The predicted molar refractivity (Wildman–Crippen MR) is 44.7 cm³/mol. The van der Waals surface area contributed by atoms with E-state index < -0.39 is 0 Å². The normalized spacial score (nSPS) is 26.0. The Hall–Kier alpha value is -0.540. The zero-order valence-electron chi connectivity index (χ0n) is 7.66. The van der Waals surface area contributed by atoms with Crippen molar-refractivity contribution < 1.29 is 4.74 Å². The van der Waals surface area contributed by atoms with Crippen molar-refractivity contribution in [3.05, 3.63) is 11.8 Å². The molecule has 1 rings (SSSR count). The van der Waals surface area contributed by atoms with Gasteiger partial charge in [-0.15, -0.1) is 0 Å². The summed E-state index contributed by atoms with van der Waals surface area (Å²) in [6.45, 7) is 5.23. The van der Waals surface area contributed by atoms with Gasteiger partial charge in [0.05, 0.1) is 0 Å². The maximum Gasteiger partial charge on any atom is 0.147 e. The molecule has 0 N–H and O–H groups in total. The summed E-state index contributed by atoms with van der Waals surface area (Å²) >= 11 is 0. The van der Waals surface area contributed by atoms with Crippen LogP contribution in [0, 0.1) is 0 Å². The second kappa shape index (κ2) is 3.24. The van der Waals surface area contributed by atoms with Gasteiger partial charge >= 0.3 is 0 Å². The predicted octanol–water partition coefficient (Wildman–Crippen LogP) is 1.04. The summed E-state index contributed by atoms with van der Waals surface area (Å²) in [5.41, 5.74) is 1.27. The smallest absolute Gasteiger partial charge is 0.147 e. The van der Waals surface area contributed by atoms with Gasteiger partial charge in [0, 0.05) is 26.4 Å². The lowest BCUT2D eigenvalue weighted by atomic mass is 10.4. The summed E-state index contributed by atoms with van der Waals surface area (Å²) < 4.78 is 5.23. The quantitative estimate of drug-likeness (QED) is 0.594. The Morgan fingerprint density at radius 3 is 2.55 bits per heavy atom. The molecule has 0 aliphatic carbocycles. The van der Waals surface area contributed by atoms with E-state index in [1.807, 2.05) is 7.05 Å².